The van der Waals surface area contributed by atoms with E-state index in [0.29, 0.717) is 0 Å². The molecule has 84 valence electrons. The van der Waals surface area contributed by atoms with E-state index < -0.39 is 0 Å². The minimum atomic E-state index is 0. The molecule has 2 rings (SSSR count). The van der Waals surface area contributed by atoms with Crippen LogP contribution in [-0.2, 0) is 38.7 Å². The summed E-state index contributed by atoms with van der Waals surface area (Å²) < 4.78 is 0. The molecule has 0 aliphatic rings. The maximum atomic E-state index is 2.21. The summed E-state index contributed by atoms with van der Waals surface area (Å²) in [5, 5.41) is 0. The normalized spacial score (nSPS) is 8.67. The van der Waals surface area contributed by atoms with Crippen molar-refractivity contribution in [2.45, 2.75) is 26.7 Å². The van der Waals surface area contributed by atoms with Crippen molar-refractivity contribution in [2.75, 3.05) is 0 Å². The molecule has 2 aromatic carbocycles. The van der Waals surface area contributed by atoms with Gasteiger partial charge >= 0.3 is 0 Å². The summed E-state index contributed by atoms with van der Waals surface area (Å²) in [6.07, 6.45) is 2.35. The Kier molecular flexibility index (Phi) is 8.59. The maximum Gasteiger partial charge on any atom is 0 e. The van der Waals surface area contributed by atoms with Crippen LogP contribution in [0.15, 0.2) is 48.5 Å². The van der Waals surface area contributed by atoms with E-state index in [1.807, 2.05) is 30.3 Å². The third-order valence-electron chi connectivity index (χ3n) is 2.32. The van der Waals surface area contributed by atoms with Crippen molar-refractivity contribution in [3.05, 3.63) is 59.7 Å². The van der Waals surface area contributed by atoms with Crippen molar-refractivity contribution in [1.29, 1.82) is 0 Å². The molecule has 0 aromatic heterocycles. The van der Waals surface area contributed by atoms with Gasteiger partial charge in [-0.3, -0.25) is 0 Å². The van der Waals surface area contributed by atoms with Crippen molar-refractivity contribution >= 4 is 0 Å². The Morgan fingerprint density at radius 2 is 1.60 bits per heavy atom. The van der Waals surface area contributed by atoms with Crippen LogP contribution in [0.25, 0.3) is 0 Å². The molecule has 0 saturated carbocycles. The molecule has 0 nitrogen and oxygen atoms in total. The Labute approximate surface area is 112 Å². The molecule has 0 aliphatic heterocycles. The molecule has 0 spiro atoms. The van der Waals surface area contributed by atoms with Gasteiger partial charge in [-0.15, -0.1) is 0 Å². The molecule has 0 atom stereocenters. The van der Waals surface area contributed by atoms with Crippen molar-refractivity contribution in [2.24, 2.45) is 0 Å². The molecule has 0 radical (unpaired) electrons. The van der Waals surface area contributed by atoms with Crippen molar-refractivity contribution in [1.82, 2.24) is 0 Å². The van der Waals surface area contributed by atoms with Crippen molar-refractivity contribution < 1.29 is 25.8 Å². The van der Waals surface area contributed by atoms with Gasteiger partial charge in [0.2, 0.25) is 0 Å². The van der Waals surface area contributed by atoms with Crippen LogP contribution in [0.3, 0.4) is 0 Å². The predicted octanol–water partition coefficient (Wildman–Crippen LogP) is 3.93. The van der Waals surface area contributed by atoms with Crippen LogP contribution in [0.2, 0.25) is 0 Å². The van der Waals surface area contributed by atoms with E-state index in [4.69, 9.17) is 0 Å². The Balaban J connectivity index is 0.000000280. The minimum Gasteiger partial charge on any atom is -0.748 e. The Hall–Kier alpha value is -0.430. The van der Waals surface area contributed by atoms with E-state index in [2.05, 4.69) is 32.0 Å². The molecule has 15 heavy (non-hydrogen) atoms. The molecule has 0 bridgehead atoms. The van der Waals surface area contributed by atoms with Crippen molar-refractivity contribution in [3.63, 3.8) is 0 Å². The molecule has 0 unspecified atom stereocenters. The quantitative estimate of drug-likeness (QED) is 0.559. The van der Waals surface area contributed by atoms with E-state index in [1.165, 1.54) is 24.0 Å². The molecular formula is C14H18Hf-6. The zero-order chi connectivity index (χ0) is 10.2. The zero-order valence-electron chi connectivity index (χ0n) is 9.53. The van der Waals surface area contributed by atoms with Crippen LogP contribution in [0, 0.1) is 0 Å². The smallest absolute Gasteiger partial charge is 0 e. The Morgan fingerprint density at radius 1 is 1.07 bits per heavy atom. The fraction of sp³-hybridized carbons (Fsp3) is 0.286. The van der Waals surface area contributed by atoms with E-state index in [1.54, 1.807) is 0 Å². The minimum absolute atomic E-state index is 0. The second kappa shape index (κ2) is 8.84. The Bertz CT molecular complexity index is 281. The summed E-state index contributed by atoms with van der Waals surface area (Å²) >= 11 is 0. The van der Waals surface area contributed by atoms with Gasteiger partial charge in [0.05, 0.1) is 0 Å². The van der Waals surface area contributed by atoms with Gasteiger partial charge in [0.15, 0.2) is 0 Å². The monoisotopic (exact) mass is 366 g/mol. The first-order chi connectivity index (χ1) is 6.88. The molecular weight excluding hydrogens is 347 g/mol. The average molecular weight is 365 g/mol. The summed E-state index contributed by atoms with van der Waals surface area (Å²) in [7, 11) is 0. The summed E-state index contributed by atoms with van der Waals surface area (Å²) in [5.74, 6) is 0. The van der Waals surface area contributed by atoms with Crippen LogP contribution in [0.1, 0.15) is 25.0 Å². The number of rotatable bonds is 2. The van der Waals surface area contributed by atoms with Gasteiger partial charge in [-0.25, -0.2) is 12.1 Å². The standard InChI is InChI=1S/C9H13.C5H5.Hf/c1-3-8-6-5-7-9(8)4-2;1-2-4-5-3-1;/h5-7H,3-4H2,1-2H3;1-5H;/q-1;-5;. The molecule has 0 amide bonds. The van der Waals surface area contributed by atoms with Gasteiger partial charge in [-0.2, -0.15) is 17.2 Å². The van der Waals surface area contributed by atoms with Gasteiger partial charge in [-0.1, -0.05) is 26.7 Å². The van der Waals surface area contributed by atoms with Crippen LogP contribution in [0.5, 0.6) is 0 Å². The van der Waals surface area contributed by atoms with Crippen LogP contribution >= 0.6 is 0 Å². The Morgan fingerprint density at radius 3 is 1.93 bits per heavy atom. The van der Waals surface area contributed by atoms with Crippen LogP contribution in [-0.4, -0.2) is 0 Å². The summed E-state index contributed by atoms with van der Waals surface area (Å²) in [4.78, 5) is 0. The van der Waals surface area contributed by atoms with E-state index >= 15 is 0 Å². The van der Waals surface area contributed by atoms with E-state index in [0.717, 1.165) is 0 Å². The first-order valence-corrected chi connectivity index (χ1v) is 5.28. The van der Waals surface area contributed by atoms with Crippen LogP contribution in [0.4, 0.5) is 0 Å². The molecule has 2 aromatic rings. The van der Waals surface area contributed by atoms with Crippen LogP contribution < -0.4 is 0 Å². The van der Waals surface area contributed by atoms with Crippen molar-refractivity contribution in [3.8, 4) is 0 Å². The number of hydrogen-bond donors (Lipinski definition) is 0. The molecule has 1 heteroatoms. The summed E-state index contributed by atoms with van der Waals surface area (Å²) in [6, 6.07) is 16.6. The number of aryl methyl sites for hydroxylation is 2. The first kappa shape index (κ1) is 14.6. The van der Waals surface area contributed by atoms with E-state index in [-0.39, 0.29) is 25.8 Å². The predicted molar refractivity (Wildman–Crippen MR) is 62.8 cm³/mol. The molecule has 0 N–H and O–H groups in total. The van der Waals surface area contributed by atoms with E-state index in [9.17, 15) is 0 Å². The maximum absolute atomic E-state index is 2.21. The fourth-order valence-corrected chi connectivity index (χ4v) is 1.51. The van der Waals surface area contributed by atoms with Gasteiger partial charge < -0.3 is 30.3 Å². The largest absolute Gasteiger partial charge is 0.748 e. The zero-order valence-corrected chi connectivity index (χ0v) is 13.1. The summed E-state index contributed by atoms with van der Waals surface area (Å²) in [5.41, 5.74) is 3.02. The molecule has 0 saturated heterocycles. The van der Waals surface area contributed by atoms with Gasteiger partial charge in [0.25, 0.3) is 0 Å². The molecule has 0 fully saturated rings. The average Bonchev–Trinajstić information content (AvgIpc) is 2.91. The van der Waals surface area contributed by atoms with Gasteiger partial charge in [-0.05, 0) is 0 Å². The second-order valence-electron chi connectivity index (χ2n) is 3.25. The topological polar surface area (TPSA) is 0 Å². The first-order valence-electron chi connectivity index (χ1n) is 5.28. The third kappa shape index (κ3) is 5.27. The van der Waals surface area contributed by atoms with Gasteiger partial charge in [0, 0.05) is 25.8 Å². The second-order valence-corrected chi connectivity index (χ2v) is 3.25. The molecule has 0 heterocycles. The SMILES string of the molecule is CCc1ccc[c-]1CC.[Hf].[cH-]1[cH-][cH-][cH-][cH-]1. The fourth-order valence-electron chi connectivity index (χ4n) is 1.51. The summed E-state index contributed by atoms with van der Waals surface area (Å²) in [6.45, 7) is 4.41. The third-order valence-corrected chi connectivity index (χ3v) is 2.32. The molecule has 0 aliphatic carbocycles. The number of hydrogen-bond acceptors (Lipinski definition) is 0. The van der Waals surface area contributed by atoms with Gasteiger partial charge in [0.1, 0.15) is 0 Å².